The Balaban J connectivity index is 3.99. The summed E-state index contributed by atoms with van der Waals surface area (Å²) in [4.78, 5) is 25.5. The van der Waals surface area contributed by atoms with Crippen molar-refractivity contribution >= 4 is 25.3 Å². The molecule has 1 aromatic rings. The number of ether oxygens (including phenoxy) is 1. The fraction of sp³-hybridized carbons (Fsp3) is 0.750. The first-order chi connectivity index (χ1) is 17.7. The first-order valence-corrected chi connectivity index (χ1v) is 15.4. The molecule has 0 saturated heterocycles. The fourth-order valence-electron chi connectivity index (χ4n) is 4.57. The average molecular weight is 591 g/mol. The Morgan fingerprint density at radius 3 is 1.56 bits per heavy atom. The third kappa shape index (κ3) is 9.17. The van der Waals surface area contributed by atoms with E-state index in [4.69, 9.17) is 25.4 Å². The molecule has 0 unspecified atom stereocenters. The Kier molecular flexibility index (Phi) is 12.5. The molecule has 0 aliphatic carbocycles. The predicted molar refractivity (Wildman–Crippen MR) is 156 cm³/mol. The lowest BCUT2D eigenvalue weighted by Crippen LogP contribution is -2.52. The molecule has 0 aliphatic rings. The standard InChI is InChI=1S/C28H48ClN2O7P/c1-17(2)23(18(3)4)37-39(35,38-24(19(5)6)20(7)8)28(12,31(33)34)25(21-13-15-22(29)16-14-21)30-26(32)36-27(9,10)11/h13-20,23-25H,1-12H3,(H,30,32)/t25-,28+/m1/s1. The number of rotatable bonds is 13. The molecule has 0 fully saturated rings. The van der Waals surface area contributed by atoms with Crippen LogP contribution in [0, 0.1) is 33.8 Å². The van der Waals surface area contributed by atoms with E-state index in [1.165, 1.54) is 6.92 Å². The molecule has 0 aliphatic heterocycles. The first kappa shape index (κ1) is 35.4. The number of hydrogen-bond acceptors (Lipinski definition) is 7. The van der Waals surface area contributed by atoms with Crippen LogP contribution in [0.3, 0.4) is 0 Å². The van der Waals surface area contributed by atoms with Crippen LogP contribution in [-0.4, -0.2) is 34.1 Å². The summed E-state index contributed by atoms with van der Waals surface area (Å²) in [7, 11) is -4.67. The molecule has 1 N–H and O–H groups in total. The molecule has 0 radical (unpaired) electrons. The lowest BCUT2D eigenvalue weighted by molar-refractivity contribution is -0.546. The summed E-state index contributed by atoms with van der Waals surface area (Å²) < 4.78 is 33.2. The maximum absolute atomic E-state index is 15.2. The minimum atomic E-state index is -4.67. The van der Waals surface area contributed by atoms with Gasteiger partial charge in [-0.2, -0.15) is 0 Å². The van der Waals surface area contributed by atoms with Crippen LogP contribution in [0.25, 0.3) is 0 Å². The van der Waals surface area contributed by atoms with Gasteiger partial charge in [0.1, 0.15) is 11.6 Å². The zero-order valence-electron chi connectivity index (χ0n) is 25.5. The van der Waals surface area contributed by atoms with Crippen molar-refractivity contribution in [3.05, 3.63) is 45.0 Å². The molecule has 0 spiro atoms. The molecule has 1 aromatic carbocycles. The van der Waals surface area contributed by atoms with Gasteiger partial charge in [-0.3, -0.25) is 23.7 Å². The molecule has 1 amide bonds. The number of hydrogen-bond donors (Lipinski definition) is 1. The molecular formula is C28H48ClN2O7P. The Morgan fingerprint density at radius 2 is 1.26 bits per heavy atom. The number of nitrogens with zero attached hydrogens (tertiary/aromatic N) is 1. The summed E-state index contributed by atoms with van der Waals surface area (Å²) in [5, 5.41) is 13.7. The molecule has 2 atom stereocenters. The lowest BCUT2D eigenvalue weighted by Gasteiger charge is -2.41. The maximum Gasteiger partial charge on any atom is 0.409 e. The average Bonchev–Trinajstić information content (AvgIpc) is 2.77. The summed E-state index contributed by atoms with van der Waals surface area (Å²) in [5.74, 6) is -0.492. The number of amides is 1. The van der Waals surface area contributed by atoms with E-state index in [0.29, 0.717) is 10.6 Å². The number of nitro groups is 1. The first-order valence-electron chi connectivity index (χ1n) is 13.5. The number of halogens is 1. The van der Waals surface area contributed by atoms with Gasteiger partial charge in [0.2, 0.25) is 0 Å². The number of alkyl carbamates (subject to hydrolysis) is 1. The molecule has 224 valence electrons. The van der Waals surface area contributed by atoms with Gasteiger partial charge in [0.05, 0.1) is 12.2 Å². The van der Waals surface area contributed by atoms with Crippen molar-refractivity contribution in [2.24, 2.45) is 23.7 Å². The zero-order valence-corrected chi connectivity index (χ0v) is 27.1. The molecule has 39 heavy (non-hydrogen) atoms. The highest BCUT2D eigenvalue weighted by atomic mass is 35.5. The Bertz CT molecular complexity index is 966. The van der Waals surface area contributed by atoms with Crippen LogP contribution < -0.4 is 5.32 Å². The van der Waals surface area contributed by atoms with Crippen LogP contribution >= 0.6 is 19.2 Å². The summed E-state index contributed by atoms with van der Waals surface area (Å²) >= 11 is 6.10. The Hall–Kier alpha value is -1.67. The SMILES string of the molecule is CC(C)C(OP(=O)(OC(C(C)C)C(C)C)[C@@](C)([C@H](NC(=O)OC(C)(C)C)c1ccc(Cl)cc1)[N+](=O)[O-])C(C)C. The third-order valence-corrected chi connectivity index (χ3v) is 9.31. The zero-order chi connectivity index (χ0) is 30.5. The molecule has 1 rings (SSSR count). The van der Waals surface area contributed by atoms with Crippen LogP contribution in [0.2, 0.25) is 5.02 Å². The lowest BCUT2D eigenvalue weighted by atomic mass is 9.97. The van der Waals surface area contributed by atoms with Gasteiger partial charge in [-0.15, -0.1) is 0 Å². The van der Waals surface area contributed by atoms with E-state index < -0.39 is 47.7 Å². The monoisotopic (exact) mass is 590 g/mol. The van der Waals surface area contributed by atoms with E-state index >= 15 is 4.57 Å². The van der Waals surface area contributed by atoms with Crippen LogP contribution in [0.15, 0.2) is 24.3 Å². The van der Waals surface area contributed by atoms with Crippen molar-refractivity contribution in [3.8, 4) is 0 Å². The van der Waals surface area contributed by atoms with E-state index in [9.17, 15) is 14.9 Å². The van der Waals surface area contributed by atoms with E-state index in [2.05, 4.69) is 5.32 Å². The van der Waals surface area contributed by atoms with Crippen molar-refractivity contribution in [3.63, 3.8) is 0 Å². The number of benzene rings is 1. The molecule has 0 aromatic heterocycles. The van der Waals surface area contributed by atoms with Gasteiger partial charge in [0, 0.05) is 16.9 Å². The minimum Gasteiger partial charge on any atom is -0.444 e. The molecule has 0 heterocycles. The number of nitrogens with one attached hydrogen (secondary N) is 1. The second-order valence-corrected chi connectivity index (χ2v) is 15.4. The summed E-state index contributed by atoms with van der Waals surface area (Å²) in [6, 6.07) is 4.72. The molecule has 9 nitrogen and oxygen atoms in total. The number of carbonyl (C=O) groups excluding carboxylic acids is 1. The van der Waals surface area contributed by atoms with Crippen molar-refractivity contribution < 1.29 is 28.1 Å². The van der Waals surface area contributed by atoms with E-state index in [1.54, 1.807) is 45.0 Å². The van der Waals surface area contributed by atoms with Crippen LogP contribution in [0.4, 0.5) is 4.79 Å². The van der Waals surface area contributed by atoms with E-state index in [0.717, 1.165) is 0 Å². The number of carbonyl (C=O) groups is 1. The van der Waals surface area contributed by atoms with Gasteiger partial charge in [-0.25, -0.2) is 4.79 Å². The molecule has 11 heteroatoms. The fourth-order valence-corrected chi connectivity index (χ4v) is 7.51. The Labute approximate surface area is 239 Å². The van der Waals surface area contributed by atoms with E-state index in [-0.39, 0.29) is 23.7 Å². The smallest absolute Gasteiger partial charge is 0.409 e. The summed E-state index contributed by atoms with van der Waals surface area (Å²) in [6.45, 7) is 21.4. The minimum absolute atomic E-state index is 0.123. The molecular weight excluding hydrogens is 543 g/mol. The van der Waals surface area contributed by atoms with Gasteiger partial charge >= 0.3 is 19.0 Å². The normalized spacial score (nSPS) is 15.4. The maximum atomic E-state index is 15.2. The summed E-state index contributed by atoms with van der Waals surface area (Å²) in [5.41, 5.74) is -0.579. The van der Waals surface area contributed by atoms with Crippen LogP contribution in [-0.2, 0) is 18.3 Å². The highest BCUT2D eigenvalue weighted by Crippen LogP contribution is 2.67. The molecule has 0 saturated carbocycles. The third-order valence-electron chi connectivity index (χ3n) is 6.48. The topological polar surface area (TPSA) is 117 Å². The Morgan fingerprint density at radius 1 is 0.872 bits per heavy atom. The van der Waals surface area contributed by atoms with Gasteiger partial charge in [-0.1, -0.05) is 79.1 Å². The van der Waals surface area contributed by atoms with Gasteiger partial charge < -0.3 is 10.1 Å². The highest BCUT2D eigenvalue weighted by molar-refractivity contribution is 7.55. The molecule has 0 bridgehead atoms. The van der Waals surface area contributed by atoms with E-state index in [1.807, 2.05) is 55.4 Å². The second kappa shape index (κ2) is 13.8. The van der Waals surface area contributed by atoms with Crippen molar-refractivity contribution in [1.29, 1.82) is 0 Å². The van der Waals surface area contributed by atoms with Gasteiger partial charge in [-0.05, 0) is 62.1 Å². The van der Waals surface area contributed by atoms with Crippen molar-refractivity contribution in [1.82, 2.24) is 5.32 Å². The van der Waals surface area contributed by atoms with Crippen molar-refractivity contribution in [2.75, 3.05) is 0 Å². The predicted octanol–water partition coefficient (Wildman–Crippen LogP) is 8.49. The van der Waals surface area contributed by atoms with Crippen LogP contribution in [0.5, 0.6) is 0 Å². The largest absolute Gasteiger partial charge is 0.444 e. The quantitative estimate of drug-likeness (QED) is 0.139. The highest BCUT2D eigenvalue weighted by Gasteiger charge is 2.66. The van der Waals surface area contributed by atoms with Crippen molar-refractivity contribution in [2.45, 2.75) is 112 Å². The second-order valence-electron chi connectivity index (χ2n) is 12.6. The van der Waals surface area contributed by atoms with Crippen LogP contribution in [0.1, 0.15) is 94.7 Å². The van der Waals surface area contributed by atoms with Gasteiger partial charge in [0.25, 0.3) is 0 Å². The van der Waals surface area contributed by atoms with Gasteiger partial charge in [0.15, 0.2) is 0 Å². The summed E-state index contributed by atoms with van der Waals surface area (Å²) in [6.07, 6.45) is -2.15.